The summed E-state index contributed by atoms with van der Waals surface area (Å²) >= 11 is 2.09. The van der Waals surface area contributed by atoms with Crippen molar-refractivity contribution in [1.82, 2.24) is 19.4 Å². The third-order valence-corrected chi connectivity index (χ3v) is 8.60. The molecule has 1 saturated heterocycles. The van der Waals surface area contributed by atoms with E-state index in [4.69, 9.17) is 15.5 Å². The highest BCUT2D eigenvalue weighted by atomic mass is 32.2. The molecule has 0 spiro atoms. The maximum absolute atomic E-state index is 6.43. The van der Waals surface area contributed by atoms with E-state index < -0.39 is 0 Å². The van der Waals surface area contributed by atoms with Gasteiger partial charge in [0.1, 0.15) is 30.1 Å². The standard InChI is InChI=1S/C29H33N5OS/c30-28-27-26(22-7-4-8-25(17-22)35-19-21-5-2-1-3-6-21)18-34(29(27)32-20-31-28)24-11-9-23(10-12-24)33-13-15-36-16-14-33/h1-8,17-18,20,23-24H,9-16,19H2,(H2,30,31,32)/t23-,24-. The van der Waals surface area contributed by atoms with Crippen molar-refractivity contribution in [2.24, 2.45) is 0 Å². The molecule has 6 nitrogen and oxygen atoms in total. The van der Waals surface area contributed by atoms with Crippen LogP contribution in [0.4, 0.5) is 5.82 Å². The highest BCUT2D eigenvalue weighted by Gasteiger charge is 2.29. The van der Waals surface area contributed by atoms with Gasteiger partial charge in [0.15, 0.2) is 0 Å². The van der Waals surface area contributed by atoms with Crippen molar-refractivity contribution in [2.45, 2.75) is 44.4 Å². The zero-order chi connectivity index (χ0) is 24.3. The summed E-state index contributed by atoms with van der Waals surface area (Å²) in [5.74, 6) is 3.92. The van der Waals surface area contributed by atoms with Crippen molar-refractivity contribution in [3.8, 4) is 16.9 Å². The molecule has 1 aliphatic heterocycles. The molecular formula is C29H33N5OS. The number of hydrogen-bond donors (Lipinski definition) is 1. The lowest BCUT2D eigenvalue weighted by Gasteiger charge is -2.39. The molecule has 3 heterocycles. The molecule has 0 unspecified atom stereocenters. The summed E-state index contributed by atoms with van der Waals surface area (Å²) in [5, 5.41) is 0.938. The van der Waals surface area contributed by atoms with Gasteiger partial charge < -0.3 is 15.0 Å². The maximum atomic E-state index is 6.43. The number of nitrogen functional groups attached to an aromatic ring is 1. The van der Waals surface area contributed by atoms with E-state index >= 15 is 0 Å². The van der Waals surface area contributed by atoms with Crippen LogP contribution in [0.25, 0.3) is 22.2 Å². The van der Waals surface area contributed by atoms with Gasteiger partial charge in [-0.25, -0.2) is 9.97 Å². The van der Waals surface area contributed by atoms with E-state index in [0.29, 0.717) is 18.5 Å². The highest BCUT2D eigenvalue weighted by molar-refractivity contribution is 7.99. The van der Waals surface area contributed by atoms with Gasteiger partial charge in [-0.1, -0.05) is 42.5 Å². The minimum absolute atomic E-state index is 0.434. The molecular weight excluding hydrogens is 466 g/mol. The number of ether oxygens (including phenoxy) is 1. The van der Waals surface area contributed by atoms with Gasteiger partial charge in [0.05, 0.1) is 5.39 Å². The van der Waals surface area contributed by atoms with Crippen molar-refractivity contribution >= 4 is 28.6 Å². The van der Waals surface area contributed by atoms with Crippen molar-refractivity contribution < 1.29 is 4.74 Å². The van der Waals surface area contributed by atoms with Crippen LogP contribution in [0.2, 0.25) is 0 Å². The first-order chi connectivity index (χ1) is 17.8. The monoisotopic (exact) mass is 499 g/mol. The molecule has 1 aliphatic carbocycles. The summed E-state index contributed by atoms with van der Waals surface area (Å²) < 4.78 is 8.48. The number of anilines is 1. The van der Waals surface area contributed by atoms with Crippen LogP contribution in [-0.4, -0.2) is 50.1 Å². The number of nitrogens with zero attached hydrogens (tertiary/aromatic N) is 4. The first kappa shape index (κ1) is 23.4. The molecule has 186 valence electrons. The second-order valence-electron chi connectivity index (χ2n) is 9.82. The Labute approximate surface area is 216 Å². The number of hydrogen-bond acceptors (Lipinski definition) is 6. The van der Waals surface area contributed by atoms with Crippen LogP contribution in [0.5, 0.6) is 5.75 Å². The molecule has 2 N–H and O–H groups in total. The summed E-state index contributed by atoms with van der Waals surface area (Å²) in [5.41, 5.74) is 10.7. The fraction of sp³-hybridized carbons (Fsp3) is 0.379. The first-order valence-corrected chi connectivity index (χ1v) is 14.1. The minimum Gasteiger partial charge on any atom is -0.489 e. The number of thioether (sulfide) groups is 1. The number of rotatable bonds is 6. The van der Waals surface area contributed by atoms with E-state index in [2.05, 4.69) is 56.7 Å². The summed E-state index contributed by atoms with van der Waals surface area (Å²) in [7, 11) is 0. The molecule has 6 rings (SSSR count). The molecule has 0 amide bonds. The van der Waals surface area contributed by atoms with E-state index in [-0.39, 0.29) is 0 Å². The third-order valence-electron chi connectivity index (χ3n) is 7.65. The van der Waals surface area contributed by atoms with Gasteiger partial charge >= 0.3 is 0 Å². The fourth-order valence-corrected chi connectivity index (χ4v) is 6.68. The Morgan fingerprint density at radius 1 is 0.917 bits per heavy atom. The van der Waals surface area contributed by atoms with Crippen LogP contribution in [-0.2, 0) is 6.61 Å². The molecule has 7 heteroatoms. The van der Waals surface area contributed by atoms with E-state index in [1.54, 1.807) is 6.33 Å². The van der Waals surface area contributed by atoms with Crippen LogP contribution in [0.1, 0.15) is 37.3 Å². The molecule has 36 heavy (non-hydrogen) atoms. The summed E-state index contributed by atoms with van der Waals surface area (Å²) in [6.45, 7) is 3.02. The Kier molecular flexibility index (Phi) is 6.84. The molecule has 2 aliphatic rings. The molecule has 0 atom stereocenters. The van der Waals surface area contributed by atoms with Crippen LogP contribution < -0.4 is 10.5 Å². The van der Waals surface area contributed by atoms with Crippen molar-refractivity contribution in [1.29, 1.82) is 0 Å². The predicted molar refractivity (Wildman–Crippen MR) is 148 cm³/mol. The minimum atomic E-state index is 0.434. The molecule has 0 radical (unpaired) electrons. The molecule has 2 fully saturated rings. The van der Waals surface area contributed by atoms with Crippen molar-refractivity contribution in [2.75, 3.05) is 30.3 Å². The van der Waals surface area contributed by atoms with Gasteiger partial charge in [-0.15, -0.1) is 0 Å². The average molecular weight is 500 g/mol. The van der Waals surface area contributed by atoms with Crippen LogP contribution in [0, 0.1) is 0 Å². The summed E-state index contributed by atoms with van der Waals surface area (Å²) in [4.78, 5) is 11.8. The zero-order valence-electron chi connectivity index (χ0n) is 20.6. The summed E-state index contributed by atoms with van der Waals surface area (Å²) in [6, 6.07) is 19.7. The second kappa shape index (κ2) is 10.5. The third kappa shape index (κ3) is 4.82. The Morgan fingerprint density at radius 3 is 2.50 bits per heavy atom. The second-order valence-corrected chi connectivity index (χ2v) is 11.0. The van der Waals surface area contributed by atoms with E-state index in [0.717, 1.165) is 39.5 Å². The number of benzene rings is 2. The number of fused-ring (bicyclic) bond motifs is 1. The topological polar surface area (TPSA) is 69.2 Å². The van der Waals surface area contributed by atoms with E-state index in [9.17, 15) is 0 Å². The van der Waals surface area contributed by atoms with Gasteiger partial charge in [-0.05, 0) is 48.9 Å². The molecule has 2 aromatic heterocycles. The van der Waals surface area contributed by atoms with Gasteiger partial charge in [0.25, 0.3) is 0 Å². The zero-order valence-corrected chi connectivity index (χ0v) is 21.4. The number of nitrogens with two attached hydrogens (primary N) is 1. The molecule has 4 aromatic rings. The fourth-order valence-electron chi connectivity index (χ4n) is 5.74. The van der Waals surface area contributed by atoms with Crippen molar-refractivity contribution in [3.05, 3.63) is 72.7 Å². The Morgan fingerprint density at radius 2 is 1.69 bits per heavy atom. The maximum Gasteiger partial charge on any atom is 0.146 e. The SMILES string of the molecule is Nc1ncnc2c1c(-c1cccc(OCc3ccccc3)c1)cn2[C@H]1CC[C@H](N2CCSCC2)CC1. The Hall–Kier alpha value is -3.03. The quantitative estimate of drug-likeness (QED) is 0.362. The van der Waals surface area contributed by atoms with Gasteiger partial charge in [0, 0.05) is 48.4 Å². The molecule has 2 aromatic carbocycles. The molecule has 1 saturated carbocycles. The average Bonchev–Trinajstić information content (AvgIpc) is 3.34. The first-order valence-electron chi connectivity index (χ1n) is 13.0. The van der Waals surface area contributed by atoms with Crippen LogP contribution in [0.3, 0.4) is 0 Å². The van der Waals surface area contributed by atoms with Crippen LogP contribution >= 0.6 is 11.8 Å². The van der Waals surface area contributed by atoms with Gasteiger partial charge in [0.2, 0.25) is 0 Å². The predicted octanol–water partition coefficient (Wildman–Crippen LogP) is 5.79. The Bertz CT molecular complexity index is 1310. The normalized spacial score (nSPS) is 21.0. The lowest BCUT2D eigenvalue weighted by molar-refractivity contribution is 0.151. The lowest BCUT2D eigenvalue weighted by atomic mass is 9.90. The highest BCUT2D eigenvalue weighted by Crippen LogP contribution is 2.39. The summed E-state index contributed by atoms with van der Waals surface area (Å²) in [6.07, 6.45) is 8.66. The largest absolute Gasteiger partial charge is 0.489 e. The van der Waals surface area contributed by atoms with Gasteiger partial charge in [-0.3, -0.25) is 4.90 Å². The molecule has 0 bridgehead atoms. The Balaban J connectivity index is 1.26. The van der Waals surface area contributed by atoms with Crippen molar-refractivity contribution in [3.63, 3.8) is 0 Å². The van der Waals surface area contributed by atoms with E-state index in [1.165, 1.54) is 50.3 Å². The lowest BCUT2D eigenvalue weighted by Crippen LogP contribution is -2.43. The number of aromatic nitrogens is 3. The smallest absolute Gasteiger partial charge is 0.146 e. The van der Waals surface area contributed by atoms with Gasteiger partial charge in [-0.2, -0.15) is 11.8 Å². The van der Waals surface area contributed by atoms with E-state index in [1.807, 2.05) is 30.3 Å². The van der Waals surface area contributed by atoms with Crippen LogP contribution in [0.15, 0.2) is 67.1 Å².